The van der Waals surface area contributed by atoms with E-state index in [0.717, 1.165) is 18.5 Å². The summed E-state index contributed by atoms with van der Waals surface area (Å²) in [5, 5.41) is 0. The largest absolute Gasteiger partial charge is 0.461 e. The highest BCUT2D eigenvalue weighted by molar-refractivity contribution is 6.06. The molecule has 1 saturated carbocycles. The van der Waals surface area contributed by atoms with Gasteiger partial charge in [-0.1, -0.05) is 6.92 Å². The number of ketones is 1. The van der Waals surface area contributed by atoms with Crippen molar-refractivity contribution < 1.29 is 19.1 Å². The van der Waals surface area contributed by atoms with Crippen LogP contribution in [0, 0.1) is 13.8 Å². The first-order valence-electron chi connectivity index (χ1n) is 9.52. The molecule has 1 amide bonds. The van der Waals surface area contributed by atoms with Crippen LogP contribution in [0.2, 0.25) is 0 Å². The Morgan fingerprint density at radius 1 is 1.19 bits per heavy atom. The van der Waals surface area contributed by atoms with Gasteiger partial charge in [0.15, 0.2) is 5.78 Å². The molecule has 1 aromatic heterocycles. The second-order valence-corrected chi connectivity index (χ2v) is 6.82. The van der Waals surface area contributed by atoms with Crippen molar-refractivity contribution >= 4 is 17.7 Å². The van der Waals surface area contributed by atoms with Crippen molar-refractivity contribution in [3.05, 3.63) is 22.5 Å². The Morgan fingerprint density at radius 3 is 2.27 bits per heavy atom. The SMILES string of the molecule is CCOC(=O)c1c(C)c(C(=O)C(C)N(C(=O)CC)C2CC2)c(C)n1CC. The number of carbonyl (C=O) groups is 3. The van der Waals surface area contributed by atoms with Crippen LogP contribution in [0.25, 0.3) is 0 Å². The molecular weight excluding hydrogens is 332 g/mol. The van der Waals surface area contributed by atoms with Crippen LogP contribution in [0.3, 0.4) is 0 Å². The number of hydrogen-bond acceptors (Lipinski definition) is 4. The molecule has 26 heavy (non-hydrogen) atoms. The van der Waals surface area contributed by atoms with E-state index in [-0.39, 0.29) is 24.3 Å². The topological polar surface area (TPSA) is 68.6 Å². The Kier molecular flexibility index (Phi) is 6.26. The van der Waals surface area contributed by atoms with E-state index in [2.05, 4.69) is 0 Å². The number of hydrogen-bond donors (Lipinski definition) is 0. The van der Waals surface area contributed by atoms with Crippen molar-refractivity contribution in [2.45, 2.75) is 79.4 Å². The van der Waals surface area contributed by atoms with Crippen LogP contribution < -0.4 is 0 Å². The highest BCUT2D eigenvalue weighted by atomic mass is 16.5. The van der Waals surface area contributed by atoms with Crippen LogP contribution in [0.4, 0.5) is 0 Å². The summed E-state index contributed by atoms with van der Waals surface area (Å²) in [5.41, 5.74) is 2.36. The Labute approximate surface area is 155 Å². The lowest BCUT2D eigenvalue weighted by molar-refractivity contribution is -0.132. The van der Waals surface area contributed by atoms with E-state index in [1.165, 1.54) is 0 Å². The van der Waals surface area contributed by atoms with E-state index in [0.29, 0.717) is 29.8 Å². The molecule has 144 valence electrons. The summed E-state index contributed by atoms with van der Waals surface area (Å²) in [6.45, 7) is 11.8. The van der Waals surface area contributed by atoms with Gasteiger partial charge in [-0.15, -0.1) is 0 Å². The molecule has 1 heterocycles. The molecule has 0 aromatic carbocycles. The lowest BCUT2D eigenvalue weighted by Gasteiger charge is -2.28. The Morgan fingerprint density at radius 2 is 1.81 bits per heavy atom. The van der Waals surface area contributed by atoms with Crippen LogP contribution in [-0.2, 0) is 16.1 Å². The maximum Gasteiger partial charge on any atom is 0.355 e. The lowest BCUT2D eigenvalue weighted by Crippen LogP contribution is -2.44. The number of rotatable bonds is 8. The minimum absolute atomic E-state index is 0.00389. The first-order chi connectivity index (χ1) is 12.3. The molecule has 6 heteroatoms. The molecule has 1 unspecified atom stereocenters. The van der Waals surface area contributed by atoms with E-state index in [9.17, 15) is 14.4 Å². The molecular formula is C20H30N2O4. The molecule has 6 nitrogen and oxygen atoms in total. The van der Waals surface area contributed by atoms with E-state index >= 15 is 0 Å². The molecule has 0 spiro atoms. The van der Waals surface area contributed by atoms with Gasteiger partial charge in [-0.3, -0.25) is 9.59 Å². The maximum atomic E-state index is 13.3. The lowest BCUT2D eigenvalue weighted by atomic mass is 9.99. The maximum absolute atomic E-state index is 13.3. The fourth-order valence-electron chi connectivity index (χ4n) is 3.72. The summed E-state index contributed by atoms with van der Waals surface area (Å²) < 4.78 is 7.01. The molecule has 1 aliphatic carbocycles. The number of esters is 1. The van der Waals surface area contributed by atoms with Crippen molar-refractivity contribution in [3.8, 4) is 0 Å². The summed E-state index contributed by atoms with van der Waals surface area (Å²) in [4.78, 5) is 39.8. The number of nitrogens with zero attached hydrogens (tertiary/aromatic N) is 2. The zero-order valence-corrected chi connectivity index (χ0v) is 16.7. The molecule has 0 radical (unpaired) electrons. The number of amides is 1. The zero-order chi connectivity index (χ0) is 19.6. The third kappa shape index (κ3) is 3.55. The van der Waals surface area contributed by atoms with Crippen LogP contribution in [0.15, 0.2) is 0 Å². The van der Waals surface area contributed by atoms with Gasteiger partial charge < -0.3 is 14.2 Å². The molecule has 0 N–H and O–H groups in total. The highest BCUT2D eigenvalue weighted by Crippen LogP contribution is 2.32. The predicted molar refractivity (Wildman–Crippen MR) is 99.5 cm³/mol. The minimum Gasteiger partial charge on any atom is -0.461 e. The zero-order valence-electron chi connectivity index (χ0n) is 16.7. The number of Topliss-reactive ketones (excluding diaryl/α,β-unsaturated/α-hetero) is 1. The molecule has 1 fully saturated rings. The van der Waals surface area contributed by atoms with Gasteiger partial charge in [0.2, 0.25) is 5.91 Å². The van der Waals surface area contributed by atoms with Crippen LogP contribution in [-0.4, -0.2) is 45.8 Å². The number of carbonyl (C=O) groups excluding carboxylic acids is 3. The van der Waals surface area contributed by atoms with E-state index in [1.807, 2.05) is 25.3 Å². The fourth-order valence-corrected chi connectivity index (χ4v) is 3.72. The first kappa shape index (κ1) is 20.2. The molecule has 0 bridgehead atoms. The smallest absolute Gasteiger partial charge is 0.355 e. The van der Waals surface area contributed by atoms with Gasteiger partial charge in [-0.25, -0.2) is 4.79 Å². The van der Waals surface area contributed by atoms with Gasteiger partial charge >= 0.3 is 5.97 Å². The average Bonchev–Trinajstić information content (AvgIpc) is 3.39. The summed E-state index contributed by atoms with van der Waals surface area (Å²) in [7, 11) is 0. The Bertz CT molecular complexity index is 716. The molecule has 2 rings (SSSR count). The van der Waals surface area contributed by atoms with E-state index in [4.69, 9.17) is 4.74 Å². The molecule has 1 atom stereocenters. The van der Waals surface area contributed by atoms with Crippen LogP contribution in [0.1, 0.15) is 79.1 Å². The van der Waals surface area contributed by atoms with Crippen molar-refractivity contribution in [2.75, 3.05) is 6.61 Å². The Balaban J connectivity index is 2.45. The summed E-state index contributed by atoms with van der Waals surface area (Å²) >= 11 is 0. The number of aromatic nitrogens is 1. The fraction of sp³-hybridized carbons (Fsp3) is 0.650. The third-order valence-corrected chi connectivity index (χ3v) is 5.13. The van der Waals surface area contributed by atoms with Crippen LogP contribution in [0.5, 0.6) is 0 Å². The second kappa shape index (κ2) is 8.06. The monoisotopic (exact) mass is 362 g/mol. The van der Waals surface area contributed by atoms with Gasteiger partial charge in [0.25, 0.3) is 0 Å². The summed E-state index contributed by atoms with van der Waals surface area (Å²) in [5.74, 6) is -0.513. The standard InChI is InChI=1S/C20H30N2O4/c1-7-16(23)22(15-10-11-15)14(6)19(24)17-12(4)18(20(25)26-9-3)21(8-2)13(17)5/h14-15H,7-11H2,1-6H3. The van der Waals surface area contributed by atoms with Gasteiger partial charge in [0.1, 0.15) is 5.69 Å². The average molecular weight is 362 g/mol. The van der Waals surface area contributed by atoms with E-state index in [1.54, 1.807) is 25.7 Å². The number of ether oxygens (including phenoxy) is 1. The van der Waals surface area contributed by atoms with Gasteiger partial charge in [-0.2, -0.15) is 0 Å². The highest BCUT2D eigenvalue weighted by Gasteiger charge is 2.39. The minimum atomic E-state index is -0.532. The molecule has 1 aliphatic rings. The van der Waals surface area contributed by atoms with Crippen molar-refractivity contribution in [1.29, 1.82) is 0 Å². The summed E-state index contributed by atoms with van der Waals surface area (Å²) in [6.07, 6.45) is 2.28. The summed E-state index contributed by atoms with van der Waals surface area (Å²) in [6, 6.07) is -0.366. The quantitative estimate of drug-likeness (QED) is 0.526. The van der Waals surface area contributed by atoms with Crippen LogP contribution >= 0.6 is 0 Å². The van der Waals surface area contributed by atoms with Gasteiger partial charge in [-0.05, 0) is 53.0 Å². The normalized spacial score (nSPS) is 14.8. The molecule has 1 aromatic rings. The van der Waals surface area contributed by atoms with Gasteiger partial charge in [0.05, 0.1) is 12.6 Å². The van der Waals surface area contributed by atoms with Crippen molar-refractivity contribution in [3.63, 3.8) is 0 Å². The van der Waals surface area contributed by atoms with E-state index < -0.39 is 12.0 Å². The second-order valence-electron chi connectivity index (χ2n) is 6.82. The Hall–Kier alpha value is -2.11. The first-order valence-corrected chi connectivity index (χ1v) is 9.52. The molecule has 0 saturated heterocycles. The van der Waals surface area contributed by atoms with Crippen molar-refractivity contribution in [2.24, 2.45) is 0 Å². The molecule has 0 aliphatic heterocycles. The van der Waals surface area contributed by atoms with Crippen molar-refractivity contribution in [1.82, 2.24) is 9.47 Å². The third-order valence-electron chi connectivity index (χ3n) is 5.13. The van der Waals surface area contributed by atoms with Gasteiger partial charge in [0, 0.05) is 30.3 Å². The predicted octanol–water partition coefficient (Wildman–Crippen LogP) is 3.27.